The monoisotopic (exact) mass is 258 g/mol. The van der Waals surface area contributed by atoms with E-state index in [0.717, 1.165) is 18.7 Å². The van der Waals surface area contributed by atoms with Crippen molar-refractivity contribution >= 4 is 23.2 Å². The SMILES string of the molecule is CC1(C)CC(=O)N(c2ccc3c(c2)CCN3)C(=O)C1. The van der Waals surface area contributed by atoms with Crippen LogP contribution in [0, 0.1) is 5.41 Å². The Bertz CT molecular complexity index is 543. The maximum Gasteiger partial charge on any atom is 0.234 e. The highest BCUT2D eigenvalue weighted by atomic mass is 16.2. The van der Waals surface area contributed by atoms with E-state index in [1.807, 2.05) is 32.0 Å². The van der Waals surface area contributed by atoms with E-state index in [9.17, 15) is 9.59 Å². The van der Waals surface area contributed by atoms with Gasteiger partial charge in [0.05, 0.1) is 5.69 Å². The Morgan fingerprint density at radius 3 is 2.53 bits per heavy atom. The van der Waals surface area contributed by atoms with E-state index in [1.165, 1.54) is 10.5 Å². The van der Waals surface area contributed by atoms with Crippen molar-refractivity contribution in [3.8, 4) is 0 Å². The molecular formula is C15H18N2O2. The molecule has 0 unspecified atom stereocenters. The lowest BCUT2D eigenvalue weighted by molar-refractivity contribution is -0.132. The lowest BCUT2D eigenvalue weighted by atomic mass is 9.81. The number of nitrogens with one attached hydrogen (secondary N) is 1. The summed E-state index contributed by atoms with van der Waals surface area (Å²) in [7, 11) is 0. The Labute approximate surface area is 112 Å². The van der Waals surface area contributed by atoms with Crippen LogP contribution in [0.25, 0.3) is 0 Å². The van der Waals surface area contributed by atoms with Crippen LogP contribution in [0.2, 0.25) is 0 Å². The lowest BCUT2D eigenvalue weighted by Gasteiger charge is -2.34. The normalized spacial score (nSPS) is 21.3. The summed E-state index contributed by atoms with van der Waals surface area (Å²) in [4.78, 5) is 25.8. The third-order valence-corrected chi connectivity index (χ3v) is 3.82. The Morgan fingerprint density at radius 2 is 1.84 bits per heavy atom. The van der Waals surface area contributed by atoms with Crippen molar-refractivity contribution in [3.63, 3.8) is 0 Å². The molecule has 0 atom stereocenters. The first kappa shape index (κ1) is 12.2. The Morgan fingerprint density at radius 1 is 1.16 bits per heavy atom. The van der Waals surface area contributed by atoms with Gasteiger partial charge in [0, 0.05) is 25.1 Å². The second-order valence-corrected chi connectivity index (χ2v) is 6.16. The predicted octanol–water partition coefficient (Wildman–Crippen LogP) is 2.33. The van der Waals surface area contributed by atoms with Crippen molar-refractivity contribution in [2.24, 2.45) is 5.41 Å². The molecule has 1 fully saturated rings. The summed E-state index contributed by atoms with van der Waals surface area (Å²) in [5, 5.41) is 3.28. The Balaban J connectivity index is 1.94. The van der Waals surface area contributed by atoms with E-state index in [2.05, 4.69) is 5.32 Å². The van der Waals surface area contributed by atoms with Crippen LogP contribution < -0.4 is 10.2 Å². The standard InChI is InChI=1S/C15H18N2O2/c1-15(2)8-13(18)17(14(19)9-15)11-3-4-12-10(7-11)5-6-16-12/h3-4,7,16H,5-6,8-9H2,1-2H3. The molecule has 0 aromatic heterocycles. The minimum atomic E-state index is -0.219. The van der Waals surface area contributed by atoms with E-state index in [4.69, 9.17) is 0 Å². The molecule has 4 heteroatoms. The molecule has 0 bridgehead atoms. The highest BCUT2D eigenvalue weighted by molar-refractivity contribution is 6.17. The summed E-state index contributed by atoms with van der Waals surface area (Å²) in [6, 6.07) is 5.77. The first-order valence-electron chi connectivity index (χ1n) is 6.69. The second kappa shape index (κ2) is 4.08. The van der Waals surface area contributed by atoms with Gasteiger partial charge in [-0.25, -0.2) is 0 Å². The number of carbonyl (C=O) groups is 2. The molecule has 0 aliphatic carbocycles. The molecule has 3 rings (SSSR count). The van der Waals surface area contributed by atoms with E-state index in [-0.39, 0.29) is 17.2 Å². The number of hydrogen-bond donors (Lipinski definition) is 1. The number of benzene rings is 1. The average molecular weight is 258 g/mol. The van der Waals surface area contributed by atoms with Crippen molar-refractivity contribution in [2.45, 2.75) is 33.1 Å². The number of amides is 2. The summed E-state index contributed by atoms with van der Waals surface area (Å²) in [5.74, 6) is -0.181. The maximum atomic E-state index is 12.2. The van der Waals surface area contributed by atoms with Gasteiger partial charge in [0.25, 0.3) is 0 Å². The molecule has 0 spiro atoms. The number of imide groups is 1. The number of hydrogen-bond acceptors (Lipinski definition) is 3. The highest BCUT2D eigenvalue weighted by Gasteiger charge is 2.38. The smallest absolute Gasteiger partial charge is 0.234 e. The van der Waals surface area contributed by atoms with E-state index < -0.39 is 0 Å². The minimum absolute atomic E-state index is 0.0906. The van der Waals surface area contributed by atoms with Crippen molar-refractivity contribution < 1.29 is 9.59 Å². The van der Waals surface area contributed by atoms with E-state index in [1.54, 1.807) is 0 Å². The zero-order valence-electron chi connectivity index (χ0n) is 11.3. The number of nitrogens with zero attached hydrogens (tertiary/aromatic N) is 1. The Hall–Kier alpha value is -1.84. The van der Waals surface area contributed by atoms with Gasteiger partial charge in [-0.3, -0.25) is 14.5 Å². The highest BCUT2D eigenvalue weighted by Crippen LogP contribution is 2.35. The van der Waals surface area contributed by atoms with E-state index in [0.29, 0.717) is 18.5 Å². The molecule has 4 nitrogen and oxygen atoms in total. The Kier molecular flexibility index (Phi) is 2.62. The van der Waals surface area contributed by atoms with Crippen LogP contribution in [-0.4, -0.2) is 18.4 Å². The first-order chi connectivity index (χ1) is 8.96. The van der Waals surface area contributed by atoms with Crippen LogP contribution in [0.4, 0.5) is 11.4 Å². The molecule has 1 aromatic carbocycles. The number of anilines is 2. The van der Waals surface area contributed by atoms with Crippen LogP contribution in [0.1, 0.15) is 32.3 Å². The summed E-state index contributed by atoms with van der Waals surface area (Å²) >= 11 is 0. The number of carbonyl (C=O) groups excluding carboxylic acids is 2. The van der Waals surface area contributed by atoms with Gasteiger partial charge < -0.3 is 5.32 Å². The van der Waals surface area contributed by atoms with Crippen LogP contribution >= 0.6 is 0 Å². The number of rotatable bonds is 1. The summed E-state index contributed by atoms with van der Waals surface area (Å²) in [6.45, 7) is 4.85. The van der Waals surface area contributed by atoms with Gasteiger partial charge in [-0.05, 0) is 35.6 Å². The molecule has 0 radical (unpaired) electrons. The van der Waals surface area contributed by atoms with Gasteiger partial charge in [0.15, 0.2) is 0 Å². The van der Waals surface area contributed by atoms with Crippen molar-refractivity contribution in [3.05, 3.63) is 23.8 Å². The third-order valence-electron chi connectivity index (χ3n) is 3.82. The largest absolute Gasteiger partial charge is 0.384 e. The van der Waals surface area contributed by atoms with Gasteiger partial charge >= 0.3 is 0 Å². The van der Waals surface area contributed by atoms with E-state index >= 15 is 0 Å². The van der Waals surface area contributed by atoms with Gasteiger partial charge in [0.2, 0.25) is 11.8 Å². The summed E-state index contributed by atoms with van der Waals surface area (Å²) in [5.41, 5.74) is 2.79. The van der Waals surface area contributed by atoms with Crippen LogP contribution in [0.15, 0.2) is 18.2 Å². The molecule has 100 valence electrons. The lowest BCUT2D eigenvalue weighted by Crippen LogP contribution is -2.46. The van der Waals surface area contributed by atoms with Gasteiger partial charge in [-0.15, -0.1) is 0 Å². The van der Waals surface area contributed by atoms with Crippen molar-refractivity contribution in [1.29, 1.82) is 0 Å². The first-order valence-corrected chi connectivity index (χ1v) is 6.69. The van der Waals surface area contributed by atoms with Crippen molar-refractivity contribution in [2.75, 3.05) is 16.8 Å². The molecule has 2 heterocycles. The zero-order chi connectivity index (χ0) is 13.6. The van der Waals surface area contributed by atoms with Crippen molar-refractivity contribution in [1.82, 2.24) is 0 Å². The molecule has 2 aliphatic rings. The summed E-state index contributed by atoms with van der Waals surface area (Å²) in [6.07, 6.45) is 1.80. The predicted molar refractivity (Wildman–Crippen MR) is 74.1 cm³/mol. The van der Waals surface area contributed by atoms with Crippen LogP contribution in [-0.2, 0) is 16.0 Å². The molecule has 19 heavy (non-hydrogen) atoms. The summed E-state index contributed by atoms with van der Waals surface area (Å²) < 4.78 is 0. The fourth-order valence-corrected chi connectivity index (χ4v) is 2.90. The quantitative estimate of drug-likeness (QED) is 0.786. The second-order valence-electron chi connectivity index (χ2n) is 6.16. The average Bonchev–Trinajstić information content (AvgIpc) is 2.73. The maximum absolute atomic E-state index is 12.2. The molecular weight excluding hydrogens is 240 g/mol. The van der Waals surface area contributed by atoms with Gasteiger partial charge in [-0.1, -0.05) is 13.8 Å². The number of fused-ring (bicyclic) bond motifs is 1. The van der Waals surface area contributed by atoms with Crippen LogP contribution in [0.3, 0.4) is 0 Å². The van der Waals surface area contributed by atoms with Gasteiger partial charge in [-0.2, -0.15) is 0 Å². The molecule has 1 saturated heterocycles. The molecule has 1 N–H and O–H groups in total. The zero-order valence-corrected chi connectivity index (χ0v) is 11.3. The molecule has 1 aromatic rings. The van der Waals surface area contributed by atoms with Crippen LogP contribution in [0.5, 0.6) is 0 Å². The third kappa shape index (κ3) is 2.11. The van der Waals surface area contributed by atoms with Gasteiger partial charge in [0.1, 0.15) is 0 Å². The molecule has 0 saturated carbocycles. The minimum Gasteiger partial charge on any atom is -0.384 e. The fourth-order valence-electron chi connectivity index (χ4n) is 2.90. The molecule has 2 aliphatic heterocycles. The molecule has 2 amide bonds. The fraction of sp³-hybridized carbons (Fsp3) is 0.467. The number of piperidine rings is 1. The topological polar surface area (TPSA) is 49.4 Å².